The van der Waals surface area contributed by atoms with Gasteiger partial charge in [-0.3, -0.25) is 4.79 Å². The van der Waals surface area contributed by atoms with Crippen LogP contribution in [-0.2, 0) is 22.5 Å². The van der Waals surface area contributed by atoms with E-state index in [1.54, 1.807) is 6.33 Å². The standard InChI is InChI=1S/C19H28N4O2/c1-2-10-25-15-4-3-8-22(11-15)18-16-7-9-23(19(24)14-5-6-14)12-17(16)20-13-21-18/h13-15H,2-12H2,1H3/t15-/m0/s1. The van der Waals surface area contributed by atoms with Crippen molar-refractivity contribution in [2.45, 2.75) is 58.1 Å². The molecule has 1 saturated carbocycles. The van der Waals surface area contributed by atoms with E-state index in [-0.39, 0.29) is 5.92 Å². The van der Waals surface area contributed by atoms with Gasteiger partial charge in [-0.25, -0.2) is 9.97 Å². The van der Waals surface area contributed by atoms with Crippen molar-refractivity contribution >= 4 is 11.7 Å². The SMILES string of the molecule is CCCO[C@H]1CCCN(c2ncnc3c2CCN(C(=O)C2CC2)C3)C1. The molecule has 6 nitrogen and oxygen atoms in total. The Bertz CT molecular complexity index is 632. The van der Waals surface area contributed by atoms with E-state index in [4.69, 9.17) is 4.74 Å². The molecule has 1 aromatic heterocycles. The topological polar surface area (TPSA) is 58.6 Å². The molecule has 0 unspecified atom stereocenters. The number of hydrogen-bond donors (Lipinski definition) is 0. The maximum absolute atomic E-state index is 12.4. The molecule has 0 radical (unpaired) electrons. The summed E-state index contributed by atoms with van der Waals surface area (Å²) < 4.78 is 5.97. The summed E-state index contributed by atoms with van der Waals surface area (Å²) in [6.07, 6.45) is 8.28. The van der Waals surface area contributed by atoms with Gasteiger partial charge in [0.15, 0.2) is 0 Å². The number of nitrogens with zero attached hydrogens (tertiary/aromatic N) is 4. The highest BCUT2D eigenvalue weighted by Gasteiger charge is 2.36. The normalized spacial score (nSPS) is 23.5. The Morgan fingerprint density at radius 3 is 2.96 bits per heavy atom. The van der Waals surface area contributed by atoms with Crippen LogP contribution in [0.25, 0.3) is 0 Å². The number of amides is 1. The van der Waals surface area contributed by atoms with Crippen molar-refractivity contribution in [2.75, 3.05) is 31.1 Å². The molecule has 2 aliphatic heterocycles. The van der Waals surface area contributed by atoms with E-state index in [0.717, 1.165) is 76.3 Å². The quantitative estimate of drug-likeness (QED) is 0.819. The predicted octanol–water partition coefficient (Wildman–Crippen LogP) is 2.17. The molecular weight excluding hydrogens is 316 g/mol. The van der Waals surface area contributed by atoms with Crippen molar-refractivity contribution in [1.82, 2.24) is 14.9 Å². The van der Waals surface area contributed by atoms with Crippen LogP contribution >= 0.6 is 0 Å². The lowest BCUT2D eigenvalue weighted by Crippen LogP contribution is -2.42. The van der Waals surface area contributed by atoms with Crippen molar-refractivity contribution in [1.29, 1.82) is 0 Å². The second-order valence-electron chi connectivity index (χ2n) is 7.49. The smallest absolute Gasteiger partial charge is 0.226 e. The molecule has 3 heterocycles. The molecule has 4 rings (SSSR count). The highest BCUT2D eigenvalue weighted by Crippen LogP contribution is 2.34. The van der Waals surface area contributed by atoms with Crippen molar-refractivity contribution in [2.24, 2.45) is 5.92 Å². The number of aromatic nitrogens is 2. The van der Waals surface area contributed by atoms with Gasteiger partial charge >= 0.3 is 0 Å². The molecule has 1 aromatic rings. The zero-order valence-corrected chi connectivity index (χ0v) is 15.1. The van der Waals surface area contributed by atoms with Crippen LogP contribution in [0.5, 0.6) is 0 Å². The Kier molecular flexibility index (Phi) is 4.88. The Labute approximate surface area is 149 Å². The van der Waals surface area contributed by atoms with Crippen LogP contribution < -0.4 is 4.90 Å². The number of fused-ring (bicyclic) bond motifs is 1. The number of carbonyl (C=O) groups is 1. The van der Waals surface area contributed by atoms with E-state index < -0.39 is 0 Å². The summed E-state index contributed by atoms with van der Waals surface area (Å²) in [5, 5.41) is 0. The van der Waals surface area contributed by atoms with Crippen molar-refractivity contribution in [3.63, 3.8) is 0 Å². The molecule has 1 saturated heterocycles. The third-order valence-electron chi connectivity index (χ3n) is 5.46. The highest BCUT2D eigenvalue weighted by molar-refractivity contribution is 5.81. The fourth-order valence-electron chi connectivity index (χ4n) is 3.94. The maximum Gasteiger partial charge on any atom is 0.226 e. The third kappa shape index (κ3) is 3.64. The summed E-state index contributed by atoms with van der Waals surface area (Å²) in [6, 6.07) is 0. The van der Waals surface area contributed by atoms with Gasteiger partial charge in [0.05, 0.1) is 18.3 Å². The Balaban J connectivity index is 1.48. The lowest BCUT2D eigenvalue weighted by molar-refractivity contribution is -0.133. The third-order valence-corrected chi connectivity index (χ3v) is 5.46. The maximum atomic E-state index is 12.4. The number of piperidine rings is 1. The molecule has 0 spiro atoms. The summed E-state index contributed by atoms with van der Waals surface area (Å²) in [5.41, 5.74) is 2.26. The van der Waals surface area contributed by atoms with Gasteiger partial charge < -0.3 is 14.5 Å². The lowest BCUT2D eigenvalue weighted by Gasteiger charge is -2.36. The highest BCUT2D eigenvalue weighted by atomic mass is 16.5. The summed E-state index contributed by atoms with van der Waals surface area (Å²) in [6.45, 7) is 6.36. The molecule has 0 bridgehead atoms. The average Bonchev–Trinajstić information content (AvgIpc) is 3.50. The van der Waals surface area contributed by atoms with Crippen LogP contribution in [0.1, 0.15) is 50.3 Å². The van der Waals surface area contributed by atoms with Crippen LogP contribution in [0.2, 0.25) is 0 Å². The summed E-state index contributed by atoms with van der Waals surface area (Å²) >= 11 is 0. The molecule has 0 N–H and O–H groups in total. The van der Waals surface area contributed by atoms with Gasteiger partial charge in [0, 0.05) is 37.7 Å². The van der Waals surface area contributed by atoms with E-state index in [1.165, 1.54) is 5.56 Å². The van der Waals surface area contributed by atoms with Crippen molar-refractivity contribution in [3.8, 4) is 0 Å². The molecule has 1 atom stereocenters. The van der Waals surface area contributed by atoms with Gasteiger partial charge in [-0.2, -0.15) is 0 Å². The van der Waals surface area contributed by atoms with Gasteiger partial charge in [0.1, 0.15) is 12.1 Å². The number of ether oxygens (including phenoxy) is 1. The largest absolute Gasteiger partial charge is 0.376 e. The molecule has 25 heavy (non-hydrogen) atoms. The summed E-state index contributed by atoms with van der Waals surface area (Å²) in [7, 11) is 0. The van der Waals surface area contributed by atoms with Gasteiger partial charge in [0.25, 0.3) is 0 Å². The zero-order chi connectivity index (χ0) is 17.2. The van der Waals surface area contributed by atoms with Gasteiger partial charge in [0.2, 0.25) is 5.91 Å². The van der Waals surface area contributed by atoms with Crippen LogP contribution in [0.3, 0.4) is 0 Å². The Hall–Kier alpha value is -1.69. The van der Waals surface area contributed by atoms with Crippen LogP contribution in [-0.4, -0.2) is 53.1 Å². The van der Waals surface area contributed by atoms with E-state index in [1.807, 2.05) is 4.90 Å². The van der Waals surface area contributed by atoms with E-state index >= 15 is 0 Å². The van der Waals surface area contributed by atoms with Crippen molar-refractivity contribution < 1.29 is 9.53 Å². The lowest BCUT2D eigenvalue weighted by atomic mass is 10.0. The average molecular weight is 344 g/mol. The molecule has 6 heteroatoms. The monoisotopic (exact) mass is 344 g/mol. The zero-order valence-electron chi connectivity index (χ0n) is 15.1. The molecule has 136 valence electrons. The Morgan fingerprint density at radius 1 is 1.28 bits per heavy atom. The molecule has 1 aliphatic carbocycles. The summed E-state index contributed by atoms with van der Waals surface area (Å²) in [4.78, 5) is 25.8. The first kappa shape index (κ1) is 16.8. The first-order valence-electron chi connectivity index (χ1n) is 9.74. The number of hydrogen-bond acceptors (Lipinski definition) is 5. The van der Waals surface area contributed by atoms with Crippen LogP contribution in [0, 0.1) is 5.92 Å². The first-order valence-corrected chi connectivity index (χ1v) is 9.74. The number of carbonyl (C=O) groups excluding carboxylic acids is 1. The second-order valence-corrected chi connectivity index (χ2v) is 7.49. The minimum atomic E-state index is 0.279. The molecular formula is C19H28N4O2. The van der Waals surface area contributed by atoms with Crippen molar-refractivity contribution in [3.05, 3.63) is 17.6 Å². The predicted molar refractivity (Wildman–Crippen MR) is 95.4 cm³/mol. The Morgan fingerprint density at radius 2 is 2.16 bits per heavy atom. The molecule has 0 aromatic carbocycles. The van der Waals surface area contributed by atoms with Gasteiger partial charge in [-0.15, -0.1) is 0 Å². The van der Waals surface area contributed by atoms with Crippen LogP contribution in [0.4, 0.5) is 5.82 Å². The van der Waals surface area contributed by atoms with Gasteiger partial charge in [-0.1, -0.05) is 6.92 Å². The van der Waals surface area contributed by atoms with E-state index in [2.05, 4.69) is 21.8 Å². The summed E-state index contributed by atoms with van der Waals surface area (Å²) in [5.74, 6) is 1.66. The van der Waals surface area contributed by atoms with Crippen LogP contribution in [0.15, 0.2) is 6.33 Å². The minimum Gasteiger partial charge on any atom is -0.376 e. The molecule has 2 fully saturated rings. The molecule has 1 amide bonds. The fraction of sp³-hybridized carbons (Fsp3) is 0.737. The fourth-order valence-corrected chi connectivity index (χ4v) is 3.94. The first-order chi connectivity index (χ1) is 12.3. The van der Waals surface area contributed by atoms with Gasteiger partial charge in [-0.05, 0) is 38.5 Å². The number of anilines is 1. The van der Waals surface area contributed by atoms with E-state index in [9.17, 15) is 4.79 Å². The molecule has 3 aliphatic rings. The number of rotatable bonds is 5. The minimum absolute atomic E-state index is 0.279. The van der Waals surface area contributed by atoms with E-state index in [0.29, 0.717) is 18.6 Å². The second kappa shape index (κ2) is 7.28.